The van der Waals surface area contributed by atoms with Gasteiger partial charge < -0.3 is 10.5 Å². The van der Waals surface area contributed by atoms with E-state index in [1.54, 1.807) is 0 Å². The van der Waals surface area contributed by atoms with Crippen molar-refractivity contribution in [2.45, 2.75) is 51.7 Å². The average molecular weight is 247 g/mol. The lowest BCUT2D eigenvalue weighted by Gasteiger charge is -2.19. The molecule has 0 aromatic heterocycles. The van der Waals surface area contributed by atoms with Crippen molar-refractivity contribution >= 4 is 5.97 Å². The summed E-state index contributed by atoms with van der Waals surface area (Å²) in [4.78, 5) is 11.7. The Balaban J connectivity index is 2.05. The number of carbonyl (C=O) groups excluding carboxylic acids is 1. The van der Waals surface area contributed by atoms with Gasteiger partial charge in [0.2, 0.25) is 0 Å². The number of hydrogen-bond donors (Lipinski definition) is 1. The normalized spacial score (nSPS) is 18.6. The Hall–Kier alpha value is -1.35. The Morgan fingerprint density at radius 2 is 2.17 bits per heavy atom. The van der Waals surface area contributed by atoms with Gasteiger partial charge in [-0.05, 0) is 50.3 Å². The van der Waals surface area contributed by atoms with Crippen LogP contribution in [0.15, 0.2) is 18.2 Å². The molecule has 0 saturated heterocycles. The maximum absolute atomic E-state index is 11.7. The van der Waals surface area contributed by atoms with Crippen LogP contribution in [-0.2, 0) is 22.4 Å². The predicted octanol–water partition coefficient (Wildman–Crippen LogP) is 2.52. The van der Waals surface area contributed by atoms with Crippen LogP contribution in [0.1, 0.15) is 49.9 Å². The SMILES string of the molecule is CC(C)(C)OC(=O)Cc1ccc2c(c1)CCC2N. The second kappa shape index (κ2) is 4.73. The molecule has 1 atom stereocenters. The quantitative estimate of drug-likeness (QED) is 0.817. The van der Waals surface area contributed by atoms with Gasteiger partial charge in [0.15, 0.2) is 0 Å². The van der Waals surface area contributed by atoms with Crippen LogP contribution in [-0.4, -0.2) is 11.6 Å². The van der Waals surface area contributed by atoms with Crippen LogP contribution in [0.4, 0.5) is 0 Å². The third-order valence-electron chi connectivity index (χ3n) is 3.10. The number of rotatable bonds is 2. The van der Waals surface area contributed by atoms with Gasteiger partial charge in [0, 0.05) is 6.04 Å². The van der Waals surface area contributed by atoms with Crippen molar-refractivity contribution in [3.05, 3.63) is 34.9 Å². The van der Waals surface area contributed by atoms with Gasteiger partial charge in [-0.2, -0.15) is 0 Å². The lowest BCUT2D eigenvalue weighted by atomic mass is 10.0. The predicted molar refractivity (Wildman–Crippen MR) is 71.2 cm³/mol. The Kier molecular flexibility index (Phi) is 3.44. The summed E-state index contributed by atoms with van der Waals surface area (Å²) in [5.41, 5.74) is 9.09. The van der Waals surface area contributed by atoms with Crippen LogP contribution in [0.5, 0.6) is 0 Å². The number of nitrogens with two attached hydrogens (primary N) is 1. The van der Waals surface area contributed by atoms with Crippen LogP contribution in [0.25, 0.3) is 0 Å². The molecule has 0 heterocycles. The average Bonchev–Trinajstić information content (AvgIpc) is 2.57. The van der Waals surface area contributed by atoms with Gasteiger partial charge in [0.25, 0.3) is 0 Å². The molecule has 1 aromatic carbocycles. The molecule has 1 aliphatic rings. The zero-order chi connectivity index (χ0) is 13.3. The molecule has 1 unspecified atom stereocenters. The summed E-state index contributed by atoms with van der Waals surface area (Å²) in [7, 11) is 0. The summed E-state index contributed by atoms with van der Waals surface area (Å²) < 4.78 is 5.32. The van der Waals surface area contributed by atoms with Crippen LogP contribution >= 0.6 is 0 Å². The van der Waals surface area contributed by atoms with Crippen LogP contribution in [0.2, 0.25) is 0 Å². The molecule has 0 fully saturated rings. The van der Waals surface area contributed by atoms with E-state index in [-0.39, 0.29) is 12.0 Å². The molecular formula is C15H21NO2. The van der Waals surface area contributed by atoms with E-state index in [0.717, 1.165) is 18.4 Å². The van der Waals surface area contributed by atoms with Crippen molar-refractivity contribution in [3.63, 3.8) is 0 Å². The molecule has 1 aromatic rings. The standard InChI is InChI=1S/C15H21NO2/c1-15(2,3)18-14(17)9-10-4-6-12-11(8-10)5-7-13(12)16/h4,6,8,13H,5,7,9,16H2,1-3H3. The molecule has 18 heavy (non-hydrogen) atoms. The number of fused-ring (bicyclic) bond motifs is 1. The van der Waals surface area contributed by atoms with Crippen molar-refractivity contribution in [1.29, 1.82) is 0 Å². The molecule has 2 N–H and O–H groups in total. The molecule has 0 saturated carbocycles. The monoisotopic (exact) mass is 247 g/mol. The molecule has 1 aliphatic carbocycles. The summed E-state index contributed by atoms with van der Waals surface area (Å²) in [6.07, 6.45) is 2.35. The Morgan fingerprint density at radius 3 is 2.83 bits per heavy atom. The van der Waals surface area contributed by atoms with Crippen molar-refractivity contribution in [2.24, 2.45) is 5.73 Å². The first-order valence-corrected chi connectivity index (χ1v) is 6.44. The summed E-state index contributed by atoms with van der Waals surface area (Å²) in [6, 6.07) is 6.28. The van der Waals surface area contributed by atoms with E-state index in [9.17, 15) is 4.79 Å². The molecule has 98 valence electrons. The van der Waals surface area contributed by atoms with Gasteiger partial charge >= 0.3 is 5.97 Å². The van der Waals surface area contributed by atoms with Gasteiger partial charge in [0.1, 0.15) is 5.60 Å². The first-order valence-electron chi connectivity index (χ1n) is 6.44. The fourth-order valence-corrected chi connectivity index (χ4v) is 2.36. The number of ether oxygens (including phenoxy) is 1. The van der Waals surface area contributed by atoms with E-state index >= 15 is 0 Å². The van der Waals surface area contributed by atoms with Crippen LogP contribution < -0.4 is 5.73 Å². The fraction of sp³-hybridized carbons (Fsp3) is 0.533. The Morgan fingerprint density at radius 1 is 1.44 bits per heavy atom. The fourth-order valence-electron chi connectivity index (χ4n) is 2.36. The summed E-state index contributed by atoms with van der Waals surface area (Å²) in [5.74, 6) is -0.176. The zero-order valence-electron chi connectivity index (χ0n) is 11.3. The summed E-state index contributed by atoms with van der Waals surface area (Å²) >= 11 is 0. The summed E-state index contributed by atoms with van der Waals surface area (Å²) in [6.45, 7) is 5.64. The van der Waals surface area contributed by atoms with Crippen molar-refractivity contribution < 1.29 is 9.53 Å². The van der Waals surface area contributed by atoms with E-state index in [2.05, 4.69) is 6.07 Å². The highest BCUT2D eigenvalue weighted by molar-refractivity contribution is 5.73. The second-order valence-corrected chi connectivity index (χ2v) is 5.94. The van der Waals surface area contributed by atoms with Crippen LogP contribution in [0.3, 0.4) is 0 Å². The van der Waals surface area contributed by atoms with Gasteiger partial charge in [0.05, 0.1) is 6.42 Å². The van der Waals surface area contributed by atoms with Crippen molar-refractivity contribution in [3.8, 4) is 0 Å². The zero-order valence-corrected chi connectivity index (χ0v) is 11.3. The van der Waals surface area contributed by atoms with E-state index in [1.807, 2.05) is 32.9 Å². The highest BCUT2D eigenvalue weighted by Crippen LogP contribution is 2.29. The first-order chi connectivity index (χ1) is 8.35. The third kappa shape index (κ3) is 3.10. The minimum Gasteiger partial charge on any atom is -0.460 e. The van der Waals surface area contributed by atoms with Crippen molar-refractivity contribution in [1.82, 2.24) is 0 Å². The number of esters is 1. The minimum atomic E-state index is -0.420. The number of aryl methyl sites for hydroxylation is 1. The van der Waals surface area contributed by atoms with E-state index in [0.29, 0.717) is 6.42 Å². The smallest absolute Gasteiger partial charge is 0.310 e. The van der Waals surface area contributed by atoms with E-state index < -0.39 is 5.60 Å². The molecule has 2 rings (SSSR count). The molecule has 0 spiro atoms. The Labute approximate surface area is 108 Å². The number of carbonyl (C=O) groups is 1. The maximum Gasteiger partial charge on any atom is 0.310 e. The van der Waals surface area contributed by atoms with Crippen LogP contribution in [0, 0.1) is 0 Å². The Bertz CT molecular complexity index is 460. The van der Waals surface area contributed by atoms with Crippen molar-refractivity contribution in [2.75, 3.05) is 0 Å². The lowest BCUT2D eigenvalue weighted by Crippen LogP contribution is -2.24. The molecule has 0 bridgehead atoms. The molecule has 0 aliphatic heterocycles. The van der Waals surface area contributed by atoms with Gasteiger partial charge in [-0.1, -0.05) is 18.2 Å². The third-order valence-corrected chi connectivity index (χ3v) is 3.10. The second-order valence-electron chi connectivity index (χ2n) is 5.94. The highest BCUT2D eigenvalue weighted by atomic mass is 16.6. The topological polar surface area (TPSA) is 52.3 Å². The first kappa shape index (κ1) is 13.1. The van der Waals surface area contributed by atoms with E-state index in [4.69, 9.17) is 10.5 Å². The molecule has 3 heteroatoms. The van der Waals surface area contributed by atoms with Gasteiger partial charge in [-0.25, -0.2) is 0 Å². The van der Waals surface area contributed by atoms with Gasteiger partial charge in [-0.3, -0.25) is 4.79 Å². The molecule has 0 amide bonds. The maximum atomic E-state index is 11.7. The van der Waals surface area contributed by atoms with E-state index in [1.165, 1.54) is 11.1 Å². The molecular weight excluding hydrogens is 226 g/mol. The number of hydrogen-bond acceptors (Lipinski definition) is 3. The minimum absolute atomic E-state index is 0.163. The summed E-state index contributed by atoms with van der Waals surface area (Å²) in [5, 5.41) is 0. The van der Waals surface area contributed by atoms with Gasteiger partial charge in [-0.15, -0.1) is 0 Å². The number of benzene rings is 1. The highest BCUT2D eigenvalue weighted by Gasteiger charge is 2.20. The molecule has 0 radical (unpaired) electrons. The molecule has 3 nitrogen and oxygen atoms in total. The largest absolute Gasteiger partial charge is 0.460 e. The lowest BCUT2D eigenvalue weighted by molar-refractivity contribution is -0.153.